The zero-order valence-electron chi connectivity index (χ0n) is 11.8. The number of benzene rings is 1. The highest BCUT2D eigenvalue weighted by molar-refractivity contribution is 6.30. The van der Waals surface area contributed by atoms with Crippen molar-refractivity contribution in [1.82, 2.24) is 0 Å². The van der Waals surface area contributed by atoms with Crippen LogP contribution in [0.15, 0.2) is 18.2 Å². The average Bonchev–Trinajstić information content (AvgIpc) is 2.40. The Hall–Kier alpha value is -0.770. The number of nitrogens with two attached hydrogens (primary N) is 1. The van der Waals surface area contributed by atoms with E-state index >= 15 is 0 Å². The lowest BCUT2D eigenvalue weighted by Crippen LogP contribution is -2.22. The minimum absolute atomic E-state index is 0.136. The molecule has 0 fully saturated rings. The first-order valence-corrected chi connectivity index (χ1v) is 7.29. The fourth-order valence-electron chi connectivity index (χ4n) is 1.73. The van der Waals surface area contributed by atoms with Crippen LogP contribution >= 0.6 is 11.6 Å². The van der Waals surface area contributed by atoms with Crippen molar-refractivity contribution in [3.63, 3.8) is 0 Å². The van der Waals surface area contributed by atoms with Crippen LogP contribution in [0.1, 0.15) is 32.3 Å². The van der Waals surface area contributed by atoms with Crippen molar-refractivity contribution in [1.29, 1.82) is 0 Å². The summed E-state index contributed by atoms with van der Waals surface area (Å²) in [5.74, 6) is 0.855. The summed E-state index contributed by atoms with van der Waals surface area (Å²) in [4.78, 5) is 0. The Balaban J connectivity index is 2.55. The predicted octanol–water partition coefficient (Wildman–Crippen LogP) is 3.43. The summed E-state index contributed by atoms with van der Waals surface area (Å²) >= 11 is 6.02. The Bertz CT molecular complexity index is 371. The van der Waals surface area contributed by atoms with E-state index < -0.39 is 0 Å². The molecule has 108 valence electrons. The van der Waals surface area contributed by atoms with Gasteiger partial charge in [-0.25, -0.2) is 0 Å². The Morgan fingerprint density at radius 2 is 2.00 bits per heavy atom. The van der Waals surface area contributed by atoms with E-state index in [0.29, 0.717) is 18.2 Å². The highest BCUT2D eigenvalue weighted by atomic mass is 35.5. The zero-order valence-corrected chi connectivity index (χ0v) is 12.6. The second-order valence-electron chi connectivity index (χ2n) is 4.59. The minimum atomic E-state index is 0.136. The Morgan fingerprint density at radius 1 is 1.21 bits per heavy atom. The van der Waals surface area contributed by atoms with Crippen molar-refractivity contribution in [2.24, 2.45) is 5.73 Å². The number of rotatable bonds is 9. The molecule has 1 unspecified atom stereocenters. The molecule has 0 saturated carbocycles. The molecule has 0 bridgehead atoms. The normalized spacial score (nSPS) is 12.4. The molecule has 1 aromatic rings. The van der Waals surface area contributed by atoms with Crippen molar-refractivity contribution in [3.8, 4) is 5.75 Å². The molecule has 0 aliphatic rings. The molecule has 1 atom stereocenters. The van der Waals surface area contributed by atoms with E-state index in [9.17, 15) is 0 Å². The number of halogens is 1. The van der Waals surface area contributed by atoms with Gasteiger partial charge in [0.1, 0.15) is 12.4 Å². The maximum absolute atomic E-state index is 6.02. The number of hydrogen-bond acceptors (Lipinski definition) is 3. The van der Waals surface area contributed by atoms with Gasteiger partial charge in [0.25, 0.3) is 0 Å². The summed E-state index contributed by atoms with van der Waals surface area (Å²) in [7, 11) is 0. The van der Waals surface area contributed by atoms with Crippen LogP contribution in [0.4, 0.5) is 0 Å². The van der Waals surface area contributed by atoms with E-state index in [0.717, 1.165) is 37.2 Å². The fourth-order valence-corrected chi connectivity index (χ4v) is 1.93. The first kappa shape index (κ1) is 16.3. The molecular weight excluding hydrogens is 262 g/mol. The summed E-state index contributed by atoms with van der Waals surface area (Å²) in [6.07, 6.45) is 2.74. The zero-order chi connectivity index (χ0) is 14.1. The topological polar surface area (TPSA) is 44.5 Å². The third kappa shape index (κ3) is 6.28. The van der Waals surface area contributed by atoms with Crippen LogP contribution in [-0.2, 0) is 11.2 Å². The summed E-state index contributed by atoms with van der Waals surface area (Å²) in [5.41, 5.74) is 7.06. The number of hydrogen-bond donors (Lipinski definition) is 1. The lowest BCUT2D eigenvalue weighted by Gasteiger charge is -2.15. The maximum Gasteiger partial charge on any atom is 0.122 e. The van der Waals surface area contributed by atoms with Crippen molar-refractivity contribution in [3.05, 3.63) is 28.8 Å². The van der Waals surface area contributed by atoms with Gasteiger partial charge in [0.2, 0.25) is 0 Å². The highest BCUT2D eigenvalue weighted by Crippen LogP contribution is 2.24. The summed E-state index contributed by atoms with van der Waals surface area (Å²) in [6, 6.07) is 5.81. The van der Waals surface area contributed by atoms with Gasteiger partial charge in [0, 0.05) is 17.7 Å². The van der Waals surface area contributed by atoms with E-state index in [4.69, 9.17) is 26.8 Å². The second kappa shape index (κ2) is 9.18. The predicted molar refractivity (Wildman–Crippen MR) is 80.0 cm³/mol. The molecule has 19 heavy (non-hydrogen) atoms. The van der Waals surface area contributed by atoms with Crippen LogP contribution in [-0.4, -0.2) is 25.9 Å². The van der Waals surface area contributed by atoms with Crippen LogP contribution in [0.2, 0.25) is 5.02 Å². The molecule has 4 heteroatoms. The molecule has 3 nitrogen and oxygen atoms in total. The Labute approximate surface area is 121 Å². The smallest absolute Gasteiger partial charge is 0.122 e. The molecule has 0 saturated heterocycles. The summed E-state index contributed by atoms with van der Waals surface area (Å²) < 4.78 is 11.1. The van der Waals surface area contributed by atoms with Crippen LogP contribution < -0.4 is 10.5 Å². The Morgan fingerprint density at radius 3 is 2.68 bits per heavy atom. The van der Waals surface area contributed by atoms with Gasteiger partial charge in [0.15, 0.2) is 0 Å². The van der Waals surface area contributed by atoms with Gasteiger partial charge in [-0.1, -0.05) is 25.4 Å². The van der Waals surface area contributed by atoms with Crippen LogP contribution in [0.25, 0.3) is 0 Å². The van der Waals surface area contributed by atoms with E-state index in [1.165, 1.54) is 0 Å². The first-order chi connectivity index (χ1) is 9.17. The van der Waals surface area contributed by atoms with Crippen molar-refractivity contribution < 1.29 is 9.47 Å². The molecule has 0 aromatic heterocycles. The van der Waals surface area contributed by atoms with Crippen molar-refractivity contribution in [2.75, 3.05) is 19.8 Å². The number of ether oxygens (including phenoxy) is 2. The average molecular weight is 286 g/mol. The standard InChI is InChI=1S/C15H24ClNO2/c1-3-7-18-8-9-19-15-6-5-13(16)10-12(15)11-14(17)4-2/h5-6,10,14H,3-4,7-9,11,17H2,1-2H3. The molecule has 0 amide bonds. The summed E-state index contributed by atoms with van der Waals surface area (Å²) in [5, 5.41) is 0.716. The van der Waals surface area contributed by atoms with Gasteiger partial charge in [-0.2, -0.15) is 0 Å². The SMILES string of the molecule is CCCOCCOc1ccc(Cl)cc1CC(N)CC. The molecule has 0 aliphatic heterocycles. The molecule has 0 heterocycles. The third-order valence-corrected chi connectivity index (χ3v) is 3.10. The fraction of sp³-hybridized carbons (Fsp3) is 0.600. The van der Waals surface area contributed by atoms with Crippen LogP contribution in [0, 0.1) is 0 Å². The first-order valence-electron chi connectivity index (χ1n) is 6.91. The highest BCUT2D eigenvalue weighted by Gasteiger charge is 2.09. The molecule has 1 aromatic carbocycles. The largest absolute Gasteiger partial charge is 0.491 e. The molecule has 0 aliphatic carbocycles. The monoisotopic (exact) mass is 285 g/mol. The van der Waals surface area contributed by atoms with E-state index in [1.54, 1.807) is 0 Å². The van der Waals surface area contributed by atoms with E-state index in [1.807, 2.05) is 18.2 Å². The molecule has 2 N–H and O–H groups in total. The quantitative estimate of drug-likeness (QED) is 0.707. The van der Waals surface area contributed by atoms with Gasteiger partial charge in [0.05, 0.1) is 6.61 Å². The van der Waals surface area contributed by atoms with E-state index in [-0.39, 0.29) is 6.04 Å². The second-order valence-corrected chi connectivity index (χ2v) is 5.02. The van der Waals surface area contributed by atoms with E-state index in [2.05, 4.69) is 13.8 Å². The molecule has 0 radical (unpaired) electrons. The van der Waals surface area contributed by atoms with Crippen LogP contribution in [0.5, 0.6) is 5.75 Å². The minimum Gasteiger partial charge on any atom is -0.491 e. The lowest BCUT2D eigenvalue weighted by molar-refractivity contribution is 0.100. The molecular formula is C15H24ClNO2. The molecule has 1 rings (SSSR count). The Kier molecular flexibility index (Phi) is 7.87. The molecule has 0 spiro atoms. The summed E-state index contributed by atoms with van der Waals surface area (Å²) in [6.45, 7) is 6.10. The lowest BCUT2D eigenvalue weighted by atomic mass is 10.0. The van der Waals surface area contributed by atoms with Gasteiger partial charge < -0.3 is 15.2 Å². The van der Waals surface area contributed by atoms with Gasteiger partial charge in [-0.3, -0.25) is 0 Å². The van der Waals surface area contributed by atoms with Crippen molar-refractivity contribution >= 4 is 11.6 Å². The van der Waals surface area contributed by atoms with Gasteiger partial charge in [-0.15, -0.1) is 0 Å². The third-order valence-electron chi connectivity index (χ3n) is 2.86. The van der Waals surface area contributed by atoms with Gasteiger partial charge >= 0.3 is 0 Å². The van der Waals surface area contributed by atoms with Crippen molar-refractivity contribution in [2.45, 2.75) is 39.2 Å². The van der Waals surface area contributed by atoms with Gasteiger partial charge in [-0.05, 0) is 43.0 Å². The maximum atomic E-state index is 6.02. The van der Waals surface area contributed by atoms with Crippen LogP contribution in [0.3, 0.4) is 0 Å².